The fraction of sp³-hybridized carbons (Fsp3) is 0.0588. The van der Waals surface area contributed by atoms with Gasteiger partial charge in [0.15, 0.2) is 11.5 Å². The van der Waals surface area contributed by atoms with Crippen molar-refractivity contribution in [2.45, 2.75) is 0 Å². The molecule has 0 fully saturated rings. The molecule has 0 radical (unpaired) electrons. The molecule has 0 aliphatic rings. The number of carbonyl (C=O) groups is 2. The molecule has 0 heterocycles. The lowest BCUT2D eigenvalue weighted by molar-refractivity contribution is -0.131. The predicted octanol–water partition coefficient (Wildman–Crippen LogP) is 3.77. The van der Waals surface area contributed by atoms with Crippen molar-refractivity contribution < 1.29 is 24.2 Å². The normalized spacial score (nSPS) is 10.5. The smallest absolute Gasteiger partial charge is 0.343 e. The summed E-state index contributed by atoms with van der Waals surface area (Å²) in [4.78, 5) is 22.7. The molecule has 118 valence electrons. The highest BCUT2D eigenvalue weighted by molar-refractivity contribution is 9.10. The molecule has 1 N–H and O–H groups in total. The number of hydrogen-bond acceptors (Lipinski definition) is 4. The molecule has 0 unspecified atom stereocenters. The van der Waals surface area contributed by atoms with Gasteiger partial charge in [-0.05, 0) is 35.9 Å². The van der Waals surface area contributed by atoms with E-state index in [1.807, 2.05) is 0 Å². The number of ether oxygens (including phenoxy) is 2. The minimum atomic E-state index is -1.06. The van der Waals surface area contributed by atoms with Gasteiger partial charge in [0.1, 0.15) is 0 Å². The Hall–Kier alpha value is -2.60. The van der Waals surface area contributed by atoms with E-state index in [0.717, 1.165) is 6.08 Å². The molecule has 2 aromatic carbocycles. The van der Waals surface area contributed by atoms with Crippen LogP contribution in [0.1, 0.15) is 15.9 Å². The van der Waals surface area contributed by atoms with Gasteiger partial charge in [-0.25, -0.2) is 9.59 Å². The quantitative estimate of drug-likeness (QED) is 0.488. The van der Waals surface area contributed by atoms with Crippen molar-refractivity contribution >= 4 is 33.9 Å². The first-order chi connectivity index (χ1) is 11.0. The first kappa shape index (κ1) is 16.8. The molecule has 0 saturated heterocycles. The van der Waals surface area contributed by atoms with Crippen LogP contribution in [0.3, 0.4) is 0 Å². The zero-order valence-corrected chi connectivity index (χ0v) is 13.7. The van der Waals surface area contributed by atoms with Crippen LogP contribution in [0.5, 0.6) is 11.5 Å². The number of hydrogen-bond donors (Lipinski definition) is 1. The third-order valence-corrected chi connectivity index (χ3v) is 3.59. The van der Waals surface area contributed by atoms with E-state index in [4.69, 9.17) is 14.6 Å². The second-order valence-electron chi connectivity index (χ2n) is 4.45. The molecule has 5 nitrogen and oxygen atoms in total. The molecule has 23 heavy (non-hydrogen) atoms. The summed E-state index contributed by atoms with van der Waals surface area (Å²) in [5.74, 6) is -1.01. The van der Waals surface area contributed by atoms with Gasteiger partial charge < -0.3 is 14.6 Å². The van der Waals surface area contributed by atoms with Gasteiger partial charge in [-0.1, -0.05) is 34.1 Å². The highest BCUT2D eigenvalue weighted by Gasteiger charge is 2.14. The molecule has 0 aliphatic carbocycles. The van der Waals surface area contributed by atoms with Crippen molar-refractivity contribution in [1.82, 2.24) is 0 Å². The van der Waals surface area contributed by atoms with Gasteiger partial charge in [-0.2, -0.15) is 0 Å². The Morgan fingerprint density at radius 2 is 1.83 bits per heavy atom. The summed E-state index contributed by atoms with van der Waals surface area (Å²) in [5, 5.41) is 8.69. The van der Waals surface area contributed by atoms with E-state index < -0.39 is 11.9 Å². The zero-order valence-electron chi connectivity index (χ0n) is 12.2. The van der Waals surface area contributed by atoms with E-state index in [-0.39, 0.29) is 5.75 Å². The number of esters is 1. The average molecular weight is 377 g/mol. The number of benzene rings is 2. The molecule has 0 aromatic heterocycles. The fourth-order valence-corrected chi connectivity index (χ4v) is 2.27. The number of aliphatic carboxylic acids is 1. The maximum absolute atomic E-state index is 12.1. The van der Waals surface area contributed by atoms with Gasteiger partial charge in [-0.15, -0.1) is 0 Å². The van der Waals surface area contributed by atoms with Gasteiger partial charge in [0, 0.05) is 10.5 Å². The zero-order chi connectivity index (χ0) is 16.8. The molecule has 2 aromatic rings. The maximum Gasteiger partial charge on any atom is 0.343 e. The molecule has 0 spiro atoms. The Labute approximate surface area is 141 Å². The SMILES string of the molecule is COc1cc(/C=C/C(=O)O)c(Br)cc1OC(=O)c1ccccc1. The van der Waals surface area contributed by atoms with Crippen molar-refractivity contribution in [2.24, 2.45) is 0 Å². The van der Waals surface area contributed by atoms with E-state index in [2.05, 4.69) is 15.9 Å². The van der Waals surface area contributed by atoms with Crippen molar-refractivity contribution in [3.63, 3.8) is 0 Å². The summed E-state index contributed by atoms with van der Waals surface area (Å²) in [7, 11) is 1.44. The van der Waals surface area contributed by atoms with Gasteiger partial charge in [0.25, 0.3) is 0 Å². The van der Waals surface area contributed by atoms with E-state index in [1.165, 1.54) is 13.2 Å². The van der Waals surface area contributed by atoms with E-state index in [0.29, 0.717) is 21.3 Å². The molecule has 0 saturated carbocycles. The average Bonchev–Trinajstić information content (AvgIpc) is 2.54. The van der Waals surface area contributed by atoms with Gasteiger partial charge in [-0.3, -0.25) is 0 Å². The molecule has 0 bridgehead atoms. The number of carboxylic acid groups (broad SMARTS) is 1. The van der Waals surface area contributed by atoms with Crippen molar-refractivity contribution in [1.29, 1.82) is 0 Å². The standard InChI is InChI=1S/C17H13BrO5/c1-22-14-9-12(7-8-16(19)20)13(18)10-15(14)23-17(21)11-5-3-2-4-6-11/h2-10H,1H3,(H,19,20)/b8-7+. The molecule has 0 aliphatic heterocycles. The summed E-state index contributed by atoms with van der Waals surface area (Å²) in [6.07, 6.45) is 2.42. The summed E-state index contributed by atoms with van der Waals surface area (Å²) in [6, 6.07) is 11.7. The molecular formula is C17H13BrO5. The summed E-state index contributed by atoms with van der Waals surface area (Å²) >= 11 is 3.32. The topological polar surface area (TPSA) is 72.8 Å². The lowest BCUT2D eigenvalue weighted by Gasteiger charge is -2.11. The van der Waals surface area contributed by atoms with Crippen LogP contribution in [0.2, 0.25) is 0 Å². The first-order valence-electron chi connectivity index (χ1n) is 6.57. The number of methoxy groups -OCH3 is 1. The molecule has 0 atom stereocenters. The number of halogens is 1. The van der Waals surface area contributed by atoms with E-state index in [1.54, 1.807) is 42.5 Å². The van der Waals surface area contributed by atoms with E-state index in [9.17, 15) is 9.59 Å². The van der Waals surface area contributed by atoms with Gasteiger partial charge in [0.05, 0.1) is 12.7 Å². The van der Waals surface area contributed by atoms with Crippen LogP contribution in [0, 0.1) is 0 Å². The second-order valence-corrected chi connectivity index (χ2v) is 5.31. The van der Waals surface area contributed by atoms with Crippen LogP contribution in [0.15, 0.2) is 53.0 Å². The second kappa shape index (κ2) is 7.60. The largest absolute Gasteiger partial charge is 0.493 e. The predicted molar refractivity (Wildman–Crippen MR) is 88.8 cm³/mol. The molecule has 6 heteroatoms. The summed E-state index contributed by atoms with van der Waals surface area (Å²) in [6.45, 7) is 0. The minimum absolute atomic E-state index is 0.237. The van der Waals surface area contributed by atoms with Crippen molar-refractivity contribution in [3.05, 3.63) is 64.1 Å². The highest BCUT2D eigenvalue weighted by atomic mass is 79.9. The van der Waals surface area contributed by atoms with Crippen LogP contribution in [-0.4, -0.2) is 24.2 Å². The Bertz CT molecular complexity index is 753. The van der Waals surface area contributed by atoms with Gasteiger partial charge in [0.2, 0.25) is 0 Å². The number of carbonyl (C=O) groups excluding carboxylic acids is 1. The van der Waals surface area contributed by atoms with Gasteiger partial charge >= 0.3 is 11.9 Å². The Balaban J connectivity index is 2.30. The number of carboxylic acids is 1. The van der Waals surface area contributed by atoms with Crippen LogP contribution in [-0.2, 0) is 4.79 Å². The molecule has 0 amide bonds. The van der Waals surface area contributed by atoms with Crippen LogP contribution in [0.25, 0.3) is 6.08 Å². The Morgan fingerprint density at radius 1 is 1.13 bits per heavy atom. The monoisotopic (exact) mass is 376 g/mol. The van der Waals surface area contributed by atoms with Crippen LogP contribution < -0.4 is 9.47 Å². The summed E-state index contributed by atoms with van der Waals surface area (Å²) < 4.78 is 11.1. The molecular weight excluding hydrogens is 364 g/mol. The third-order valence-electron chi connectivity index (χ3n) is 2.90. The maximum atomic E-state index is 12.1. The first-order valence-corrected chi connectivity index (χ1v) is 7.36. The molecule has 2 rings (SSSR count). The van der Waals surface area contributed by atoms with Crippen molar-refractivity contribution in [3.8, 4) is 11.5 Å². The van der Waals surface area contributed by atoms with Crippen molar-refractivity contribution in [2.75, 3.05) is 7.11 Å². The highest BCUT2D eigenvalue weighted by Crippen LogP contribution is 2.34. The number of rotatable bonds is 5. The van der Waals surface area contributed by atoms with Crippen LogP contribution >= 0.6 is 15.9 Å². The summed E-state index contributed by atoms with van der Waals surface area (Å²) in [5.41, 5.74) is 1.00. The Morgan fingerprint density at radius 3 is 2.43 bits per heavy atom. The Kier molecular flexibility index (Phi) is 5.54. The minimum Gasteiger partial charge on any atom is -0.493 e. The van der Waals surface area contributed by atoms with E-state index >= 15 is 0 Å². The van der Waals surface area contributed by atoms with Crippen LogP contribution in [0.4, 0.5) is 0 Å². The lowest BCUT2D eigenvalue weighted by atomic mass is 10.2. The third kappa shape index (κ3) is 4.43. The fourth-order valence-electron chi connectivity index (χ4n) is 1.81. The lowest BCUT2D eigenvalue weighted by Crippen LogP contribution is -2.09.